The van der Waals surface area contributed by atoms with Crippen molar-refractivity contribution in [1.29, 1.82) is 0 Å². The van der Waals surface area contributed by atoms with Crippen LogP contribution in [0.5, 0.6) is 11.5 Å². The zero-order chi connectivity index (χ0) is 44.5. The van der Waals surface area contributed by atoms with Gasteiger partial charge in [0.05, 0.1) is 5.69 Å². The number of fused-ring (bicyclic) bond motifs is 2. The molecule has 0 spiro atoms. The highest BCUT2D eigenvalue weighted by Crippen LogP contribution is 2.55. The third kappa shape index (κ3) is 7.39. The molecule has 3 heteroatoms. The second-order valence-electron chi connectivity index (χ2n) is 16.9. The Balaban J connectivity index is 1.09. The van der Waals surface area contributed by atoms with E-state index in [0.29, 0.717) is 0 Å². The Morgan fingerprint density at radius 3 is 1.16 bits per heavy atom. The van der Waals surface area contributed by atoms with Gasteiger partial charge in [0.25, 0.3) is 0 Å². The van der Waals surface area contributed by atoms with Gasteiger partial charge in [-0.2, -0.15) is 0 Å². The van der Waals surface area contributed by atoms with Crippen LogP contribution in [-0.4, -0.2) is 0 Å². The van der Waals surface area contributed by atoms with Crippen LogP contribution in [0.1, 0.15) is 0 Å². The molecule has 0 fully saturated rings. The van der Waals surface area contributed by atoms with E-state index >= 15 is 0 Å². The number of benzene rings is 11. The molecular weight excluding hydrogens is 813 g/mol. The van der Waals surface area contributed by atoms with Crippen LogP contribution in [0.4, 0.5) is 34.1 Å². The fraction of sp³-hybridized carbons (Fsp3) is 0. The molecule has 0 amide bonds. The van der Waals surface area contributed by atoms with Gasteiger partial charge in [0, 0.05) is 39.4 Å². The summed E-state index contributed by atoms with van der Waals surface area (Å²) in [7, 11) is 0. The van der Waals surface area contributed by atoms with Crippen molar-refractivity contribution >= 4 is 44.9 Å². The summed E-state index contributed by atoms with van der Waals surface area (Å²) in [5.74, 6) is 1.63. The molecule has 0 bridgehead atoms. The molecule has 0 unspecified atom stereocenters. The Hall–Kier alpha value is -8.92. The van der Waals surface area contributed by atoms with Crippen LogP contribution in [-0.2, 0) is 0 Å². The van der Waals surface area contributed by atoms with Gasteiger partial charge >= 0.3 is 0 Å². The summed E-state index contributed by atoms with van der Waals surface area (Å²) in [6.45, 7) is 0. The van der Waals surface area contributed by atoms with Crippen LogP contribution in [0, 0.1) is 0 Å². The summed E-state index contributed by atoms with van der Waals surface area (Å²) in [6, 6.07) is 95.4. The SMILES string of the molecule is c1ccc(-c2ccc(N(c3ccc(-c4ccccc4)c(-c4ccccc4)c3)c3ccc4cccc5c4c3Oc3ccc(N(c4ccccc4)c4ccccc4)cc3-5)cc2-c2ccccc2)cc1. The molecule has 11 aromatic rings. The van der Waals surface area contributed by atoms with E-state index in [1.54, 1.807) is 0 Å². The molecule has 67 heavy (non-hydrogen) atoms. The van der Waals surface area contributed by atoms with Crippen molar-refractivity contribution in [3.8, 4) is 67.1 Å². The minimum atomic E-state index is 0.811. The number of hydrogen-bond acceptors (Lipinski definition) is 3. The zero-order valence-electron chi connectivity index (χ0n) is 36.7. The van der Waals surface area contributed by atoms with E-state index in [2.05, 4.69) is 277 Å². The summed E-state index contributed by atoms with van der Waals surface area (Å²) in [4.78, 5) is 4.70. The first-order valence-corrected chi connectivity index (χ1v) is 22.8. The topological polar surface area (TPSA) is 15.7 Å². The molecular formula is C64H44N2O. The Morgan fingerprint density at radius 2 is 0.672 bits per heavy atom. The van der Waals surface area contributed by atoms with Gasteiger partial charge in [-0.1, -0.05) is 194 Å². The van der Waals surface area contributed by atoms with E-state index in [4.69, 9.17) is 4.74 Å². The summed E-state index contributed by atoms with van der Waals surface area (Å²) in [5.41, 5.74) is 17.7. The van der Waals surface area contributed by atoms with Crippen molar-refractivity contribution < 1.29 is 4.74 Å². The third-order valence-electron chi connectivity index (χ3n) is 12.8. The third-order valence-corrected chi connectivity index (χ3v) is 12.8. The maximum Gasteiger partial charge on any atom is 0.159 e. The Bertz CT molecular complexity index is 3360. The Labute approximate surface area is 391 Å². The largest absolute Gasteiger partial charge is 0.454 e. The van der Waals surface area contributed by atoms with Gasteiger partial charge in [0.1, 0.15) is 5.75 Å². The molecule has 1 heterocycles. The van der Waals surface area contributed by atoms with E-state index in [9.17, 15) is 0 Å². The molecule has 0 radical (unpaired) electrons. The molecule has 0 aliphatic carbocycles. The molecule has 1 aliphatic rings. The lowest BCUT2D eigenvalue weighted by atomic mass is 9.91. The van der Waals surface area contributed by atoms with Crippen LogP contribution in [0.25, 0.3) is 66.4 Å². The normalized spacial score (nSPS) is 11.4. The molecule has 0 aromatic heterocycles. The van der Waals surface area contributed by atoms with E-state index in [-0.39, 0.29) is 0 Å². The number of rotatable bonds is 10. The van der Waals surface area contributed by atoms with Gasteiger partial charge in [0.2, 0.25) is 0 Å². The van der Waals surface area contributed by atoms with Gasteiger partial charge in [-0.05, 0) is 128 Å². The summed E-state index contributed by atoms with van der Waals surface area (Å²) in [6.07, 6.45) is 0. The Morgan fingerprint density at radius 1 is 0.254 bits per heavy atom. The van der Waals surface area contributed by atoms with Crippen molar-refractivity contribution in [2.45, 2.75) is 0 Å². The first kappa shape index (κ1) is 39.7. The monoisotopic (exact) mass is 856 g/mol. The van der Waals surface area contributed by atoms with Crippen LogP contribution >= 0.6 is 0 Å². The van der Waals surface area contributed by atoms with Crippen molar-refractivity contribution in [1.82, 2.24) is 0 Å². The second-order valence-corrected chi connectivity index (χ2v) is 16.9. The lowest BCUT2D eigenvalue weighted by molar-refractivity contribution is 0.488. The van der Waals surface area contributed by atoms with Crippen molar-refractivity contribution in [2.24, 2.45) is 0 Å². The van der Waals surface area contributed by atoms with E-state index in [0.717, 1.165) is 89.8 Å². The number of hydrogen-bond donors (Lipinski definition) is 0. The van der Waals surface area contributed by atoms with Crippen molar-refractivity contribution in [3.05, 3.63) is 267 Å². The molecule has 12 rings (SSSR count). The quantitative estimate of drug-likeness (QED) is 0.136. The summed E-state index contributed by atoms with van der Waals surface area (Å²) < 4.78 is 7.31. The average molecular weight is 857 g/mol. The van der Waals surface area contributed by atoms with Gasteiger partial charge in [0.15, 0.2) is 5.75 Å². The first-order chi connectivity index (χ1) is 33.2. The standard InChI is InChI=1S/C64H44N2O/c1-7-20-45(21-8-1)55-38-35-53(42-58(55)47-24-11-3-12-25-47)66(54-36-39-56(46-22-9-2-10-23-46)59(43-54)48-26-13-4-14-27-48)61-40-34-49-28-19-33-57-60-44-52(37-41-62(60)67-64(61)63(49)57)65(50-29-15-5-16-30-50)51-31-17-6-18-32-51/h1-44H. The highest BCUT2D eigenvalue weighted by molar-refractivity contribution is 6.09. The van der Waals surface area contributed by atoms with Crippen LogP contribution in [0.3, 0.4) is 0 Å². The number of nitrogens with zero attached hydrogens (tertiary/aromatic N) is 2. The molecule has 0 saturated carbocycles. The lowest BCUT2D eigenvalue weighted by Gasteiger charge is -2.32. The first-order valence-electron chi connectivity index (χ1n) is 22.8. The Kier molecular flexibility index (Phi) is 10.2. The fourth-order valence-electron chi connectivity index (χ4n) is 9.73. The van der Waals surface area contributed by atoms with Crippen LogP contribution < -0.4 is 14.5 Å². The van der Waals surface area contributed by atoms with Crippen LogP contribution in [0.15, 0.2) is 267 Å². The summed E-state index contributed by atoms with van der Waals surface area (Å²) in [5, 5.41) is 2.19. The molecule has 1 aliphatic heterocycles. The predicted molar refractivity (Wildman–Crippen MR) is 281 cm³/mol. The fourth-order valence-corrected chi connectivity index (χ4v) is 9.73. The minimum Gasteiger partial charge on any atom is -0.454 e. The summed E-state index contributed by atoms with van der Waals surface area (Å²) >= 11 is 0. The van der Waals surface area contributed by atoms with Gasteiger partial charge < -0.3 is 14.5 Å². The smallest absolute Gasteiger partial charge is 0.159 e. The lowest BCUT2D eigenvalue weighted by Crippen LogP contribution is -2.13. The molecule has 11 aromatic carbocycles. The van der Waals surface area contributed by atoms with E-state index in [1.165, 1.54) is 22.3 Å². The molecule has 0 atom stereocenters. The molecule has 0 saturated heterocycles. The van der Waals surface area contributed by atoms with Crippen molar-refractivity contribution in [2.75, 3.05) is 9.80 Å². The maximum atomic E-state index is 7.31. The predicted octanol–water partition coefficient (Wildman–Crippen LogP) is 18.2. The second kappa shape index (κ2) is 17.2. The number of anilines is 6. The molecule has 3 nitrogen and oxygen atoms in total. The zero-order valence-corrected chi connectivity index (χ0v) is 36.7. The maximum absolute atomic E-state index is 7.31. The molecule has 0 N–H and O–H groups in total. The average Bonchev–Trinajstić information content (AvgIpc) is 3.41. The van der Waals surface area contributed by atoms with Crippen molar-refractivity contribution in [3.63, 3.8) is 0 Å². The number of ether oxygens (including phenoxy) is 1. The van der Waals surface area contributed by atoms with Gasteiger partial charge in [-0.3, -0.25) is 0 Å². The molecule has 316 valence electrons. The van der Waals surface area contributed by atoms with Crippen LogP contribution in [0.2, 0.25) is 0 Å². The van der Waals surface area contributed by atoms with Gasteiger partial charge in [-0.25, -0.2) is 0 Å². The van der Waals surface area contributed by atoms with E-state index in [1.807, 2.05) is 0 Å². The minimum absolute atomic E-state index is 0.811. The van der Waals surface area contributed by atoms with Gasteiger partial charge in [-0.15, -0.1) is 0 Å². The number of para-hydroxylation sites is 2. The highest BCUT2D eigenvalue weighted by atomic mass is 16.5. The van der Waals surface area contributed by atoms with E-state index < -0.39 is 0 Å². The highest BCUT2D eigenvalue weighted by Gasteiger charge is 2.29.